The van der Waals surface area contributed by atoms with Crippen molar-refractivity contribution >= 4 is 35.5 Å². The molecule has 312 valence electrons. The zero-order valence-corrected chi connectivity index (χ0v) is 33.8. The predicted octanol–water partition coefficient (Wildman–Crippen LogP) is 1.25. The van der Waals surface area contributed by atoms with E-state index in [0.29, 0.717) is 34.1 Å². The first-order valence-corrected chi connectivity index (χ1v) is 18.5. The van der Waals surface area contributed by atoms with Gasteiger partial charge in [0, 0.05) is 34.0 Å². The summed E-state index contributed by atoms with van der Waals surface area (Å²) in [7, 11) is 6.90. The maximum absolute atomic E-state index is 14.4. The molecule has 0 saturated carbocycles. The molecule has 4 bridgehead atoms. The number of nitrogens with two attached hydrogens (primary N) is 1. The van der Waals surface area contributed by atoms with E-state index in [1.807, 2.05) is 0 Å². The molecule has 7 atom stereocenters. The van der Waals surface area contributed by atoms with Crippen LogP contribution >= 0.6 is 0 Å². The SMILES string of the molecule is COc1ccc(C[C@@H](C(=O)N[C@@H](C)C(=O)N(C)[C@@H]2C(=O)N(C)[C@H](C(=O)O)Cc3ccc(OC)c(c3)Oc3ccc(cc3)[C@@H]2O)N(C)C(=O)[C@H](C)NC(=O)[C@@H](C)N)cc1. The van der Waals surface area contributed by atoms with Gasteiger partial charge in [0.2, 0.25) is 29.5 Å². The molecule has 58 heavy (non-hydrogen) atoms. The van der Waals surface area contributed by atoms with Gasteiger partial charge in [-0.1, -0.05) is 30.3 Å². The Kier molecular flexibility index (Phi) is 14.8. The highest BCUT2D eigenvalue weighted by Gasteiger charge is 2.42. The van der Waals surface area contributed by atoms with E-state index in [0.717, 1.165) is 14.7 Å². The fourth-order valence-corrected chi connectivity index (χ4v) is 6.53. The summed E-state index contributed by atoms with van der Waals surface area (Å²) in [5.41, 5.74) is 7.03. The van der Waals surface area contributed by atoms with E-state index in [1.165, 1.54) is 68.3 Å². The Hall–Kier alpha value is -6.20. The topological polar surface area (TPSA) is 230 Å². The van der Waals surface area contributed by atoms with Crippen molar-refractivity contribution in [1.29, 1.82) is 0 Å². The maximum atomic E-state index is 14.4. The van der Waals surface area contributed by atoms with Gasteiger partial charge >= 0.3 is 5.97 Å². The van der Waals surface area contributed by atoms with Crippen LogP contribution in [-0.2, 0) is 41.6 Å². The molecular formula is C41H52N6O11. The monoisotopic (exact) mass is 804 g/mol. The van der Waals surface area contributed by atoms with Crippen LogP contribution < -0.4 is 30.6 Å². The molecule has 0 aromatic heterocycles. The van der Waals surface area contributed by atoms with Crippen molar-refractivity contribution in [1.82, 2.24) is 25.3 Å². The van der Waals surface area contributed by atoms with Crippen molar-refractivity contribution in [2.24, 2.45) is 5.73 Å². The molecule has 17 heteroatoms. The van der Waals surface area contributed by atoms with Crippen LogP contribution in [0.1, 0.15) is 43.6 Å². The minimum atomic E-state index is -1.66. The van der Waals surface area contributed by atoms with Crippen LogP contribution in [0.4, 0.5) is 0 Å². The maximum Gasteiger partial charge on any atom is 0.326 e. The van der Waals surface area contributed by atoms with Crippen molar-refractivity contribution in [3.63, 3.8) is 0 Å². The summed E-state index contributed by atoms with van der Waals surface area (Å²) >= 11 is 0. The highest BCUT2D eigenvalue weighted by Crippen LogP contribution is 2.35. The van der Waals surface area contributed by atoms with Crippen LogP contribution in [0.5, 0.6) is 23.0 Å². The number of benzene rings is 3. The molecule has 5 rings (SSSR count). The van der Waals surface area contributed by atoms with Crippen molar-refractivity contribution < 1.29 is 53.2 Å². The number of nitrogens with zero attached hydrogens (tertiary/aromatic N) is 3. The quantitative estimate of drug-likeness (QED) is 0.165. The van der Waals surface area contributed by atoms with Gasteiger partial charge in [0.25, 0.3) is 0 Å². The third kappa shape index (κ3) is 10.4. The fraction of sp³-hybridized carbons (Fsp3) is 0.415. The van der Waals surface area contributed by atoms with Crippen LogP contribution in [0.25, 0.3) is 0 Å². The van der Waals surface area contributed by atoms with Gasteiger partial charge in [-0.05, 0) is 73.9 Å². The van der Waals surface area contributed by atoms with Gasteiger partial charge in [-0.25, -0.2) is 4.79 Å². The lowest BCUT2D eigenvalue weighted by atomic mass is 9.97. The van der Waals surface area contributed by atoms with Gasteiger partial charge in [0.1, 0.15) is 47.8 Å². The molecule has 0 unspecified atom stereocenters. The largest absolute Gasteiger partial charge is 0.497 e. The normalized spacial score (nSPS) is 18.6. The number of aliphatic hydroxyl groups excluding tert-OH is 1. The number of hydrogen-bond donors (Lipinski definition) is 5. The Morgan fingerprint density at radius 3 is 2.07 bits per heavy atom. The van der Waals surface area contributed by atoms with E-state index in [1.54, 1.807) is 54.6 Å². The van der Waals surface area contributed by atoms with Gasteiger partial charge in [-0.15, -0.1) is 0 Å². The average Bonchev–Trinajstić information content (AvgIpc) is 3.20. The lowest BCUT2D eigenvalue weighted by Crippen LogP contribution is -2.60. The number of nitrogens with one attached hydrogen (secondary N) is 2. The summed E-state index contributed by atoms with van der Waals surface area (Å²) in [6.45, 7) is 4.30. The number of fused-ring (bicyclic) bond motifs is 7. The number of aliphatic carboxylic acids is 1. The Morgan fingerprint density at radius 1 is 0.897 bits per heavy atom. The number of aliphatic hydroxyl groups is 1. The molecular weight excluding hydrogens is 752 g/mol. The minimum Gasteiger partial charge on any atom is -0.497 e. The first kappa shape index (κ1) is 44.5. The zero-order valence-electron chi connectivity index (χ0n) is 33.8. The zero-order chi connectivity index (χ0) is 43.0. The summed E-state index contributed by atoms with van der Waals surface area (Å²) in [5.74, 6) is -3.30. The van der Waals surface area contributed by atoms with Crippen molar-refractivity contribution in [3.05, 3.63) is 83.4 Å². The number of hydrogen-bond acceptors (Lipinski definition) is 11. The number of carbonyl (C=O) groups excluding carboxylic acids is 5. The van der Waals surface area contributed by atoms with Gasteiger partial charge in [-0.2, -0.15) is 0 Å². The Morgan fingerprint density at radius 2 is 1.50 bits per heavy atom. The van der Waals surface area contributed by atoms with Gasteiger partial charge in [0.15, 0.2) is 11.5 Å². The van der Waals surface area contributed by atoms with Crippen LogP contribution in [-0.4, -0.2) is 132 Å². The minimum absolute atomic E-state index is 0.000625. The molecule has 0 aliphatic carbocycles. The van der Waals surface area contributed by atoms with Gasteiger partial charge in [-0.3, -0.25) is 24.0 Å². The lowest BCUT2D eigenvalue weighted by molar-refractivity contribution is -0.156. The number of ether oxygens (including phenoxy) is 3. The number of rotatable bonds is 13. The fourth-order valence-electron chi connectivity index (χ4n) is 6.53. The standard InChI is InChI=1S/C41H52N6O11/c1-22(42)36(49)43-23(2)38(51)45(4)30(19-25-9-14-28(56-7)15-10-25)37(50)44-24(3)39(52)47(6)34-35(48)27-12-16-29(17-13-27)58-33-21-26(11-18-32(33)57-8)20-31(41(54)55)46(5)40(34)53/h9-18,21-24,30-31,34-35,48H,19-20,42H2,1-8H3,(H,43,49)(H,44,50)(H,54,55)/t22-,23+,24+,30+,31+,34+,35+/m1/s1. The molecule has 2 aliphatic rings. The van der Waals surface area contributed by atoms with Gasteiger partial charge in [0.05, 0.1) is 20.3 Å². The Labute approximate surface area is 337 Å². The van der Waals surface area contributed by atoms with Crippen molar-refractivity contribution in [2.75, 3.05) is 35.4 Å². The molecule has 5 amide bonds. The summed E-state index contributed by atoms with van der Waals surface area (Å²) in [4.78, 5) is 84.1. The van der Waals surface area contributed by atoms with Gasteiger partial charge < -0.3 is 55.5 Å². The molecule has 0 saturated heterocycles. The lowest BCUT2D eigenvalue weighted by Gasteiger charge is -2.37. The molecule has 17 nitrogen and oxygen atoms in total. The first-order chi connectivity index (χ1) is 27.4. The Bertz CT molecular complexity index is 1970. The summed E-state index contributed by atoms with van der Waals surface area (Å²) in [5, 5.41) is 27.2. The molecule has 3 aromatic carbocycles. The molecule has 0 fully saturated rings. The Balaban J connectivity index is 1.65. The summed E-state index contributed by atoms with van der Waals surface area (Å²) < 4.78 is 16.7. The van der Waals surface area contributed by atoms with E-state index in [-0.39, 0.29) is 18.4 Å². The highest BCUT2D eigenvalue weighted by molar-refractivity contribution is 5.96. The number of carbonyl (C=O) groups is 6. The van der Waals surface area contributed by atoms with E-state index >= 15 is 0 Å². The first-order valence-electron chi connectivity index (χ1n) is 18.5. The second-order valence-electron chi connectivity index (χ2n) is 14.3. The van der Waals surface area contributed by atoms with Crippen LogP contribution in [0.2, 0.25) is 0 Å². The van der Waals surface area contributed by atoms with E-state index in [2.05, 4.69) is 10.6 Å². The van der Waals surface area contributed by atoms with Crippen LogP contribution in [0, 0.1) is 0 Å². The van der Waals surface area contributed by atoms with Crippen LogP contribution in [0.15, 0.2) is 66.7 Å². The van der Waals surface area contributed by atoms with Crippen LogP contribution in [0.3, 0.4) is 0 Å². The number of amides is 5. The van der Waals surface area contributed by atoms with E-state index < -0.39 is 77.9 Å². The smallest absolute Gasteiger partial charge is 0.326 e. The second-order valence-corrected chi connectivity index (χ2v) is 14.3. The summed E-state index contributed by atoms with van der Waals surface area (Å²) in [6, 6.07) is 10.3. The number of carboxylic acid groups (broad SMARTS) is 1. The van der Waals surface area contributed by atoms with Crippen molar-refractivity contribution in [3.8, 4) is 23.0 Å². The van der Waals surface area contributed by atoms with E-state index in [4.69, 9.17) is 19.9 Å². The number of carboxylic acids is 1. The third-order valence-corrected chi connectivity index (χ3v) is 10.1. The molecule has 0 radical (unpaired) electrons. The molecule has 3 aromatic rings. The molecule has 2 aliphatic heterocycles. The molecule has 2 heterocycles. The number of methoxy groups -OCH3 is 2. The highest BCUT2D eigenvalue weighted by atomic mass is 16.5. The second kappa shape index (κ2) is 19.3. The third-order valence-electron chi connectivity index (χ3n) is 10.1. The average molecular weight is 805 g/mol. The predicted molar refractivity (Wildman–Crippen MR) is 211 cm³/mol. The molecule has 0 spiro atoms. The molecule has 6 N–H and O–H groups in total. The van der Waals surface area contributed by atoms with Crippen molar-refractivity contribution in [2.45, 2.75) is 76.0 Å². The summed E-state index contributed by atoms with van der Waals surface area (Å²) in [6.07, 6.45) is -1.82. The van der Waals surface area contributed by atoms with E-state index in [9.17, 15) is 39.0 Å². The number of likely N-dealkylation sites (N-methyl/N-ethyl adjacent to an activating group) is 3.